The Morgan fingerprint density at radius 1 is 1.40 bits per heavy atom. The monoisotopic (exact) mass is 292 g/mol. The third kappa shape index (κ3) is 3.39. The molecule has 0 N–H and O–H groups in total. The van der Waals surface area contributed by atoms with Crippen LogP contribution in [0.5, 0.6) is 0 Å². The second kappa shape index (κ2) is 6.25. The SMILES string of the molecule is CCOC(=O)Cc1csc(-c2ccc([N+](=O)[O-])cc2)n1. The van der Waals surface area contributed by atoms with E-state index in [2.05, 4.69) is 4.98 Å². The Morgan fingerprint density at radius 3 is 2.70 bits per heavy atom. The number of benzene rings is 1. The van der Waals surface area contributed by atoms with Gasteiger partial charge in [-0.15, -0.1) is 11.3 Å². The maximum absolute atomic E-state index is 11.3. The molecule has 6 nitrogen and oxygen atoms in total. The molecule has 0 amide bonds. The first kappa shape index (κ1) is 14.1. The number of esters is 1. The van der Waals surface area contributed by atoms with Crippen molar-refractivity contribution in [1.82, 2.24) is 4.98 Å². The van der Waals surface area contributed by atoms with Gasteiger partial charge >= 0.3 is 5.97 Å². The lowest BCUT2D eigenvalue weighted by Gasteiger charge is -1.98. The van der Waals surface area contributed by atoms with Gasteiger partial charge in [-0.3, -0.25) is 14.9 Å². The summed E-state index contributed by atoms with van der Waals surface area (Å²) in [5.41, 5.74) is 1.47. The van der Waals surface area contributed by atoms with Gasteiger partial charge < -0.3 is 4.74 Å². The minimum atomic E-state index is -0.447. The zero-order valence-electron chi connectivity index (χ0n) is 10.7. The fourth-order valence-electron chi connectivity index (χ4n) is 1.61. The number of ether oxygens (including phenoxy) is 1. The highest BCUT2D eigenvalue weighted by Gasteiger charge is 2.11. The summed E-state index contributed by atoms with van der Waals surface area (Å²) in [7, 11) is 0. The number of nitrogens with zero attached hydrogens (tertiary/aromatic N) is 2. The number of rotatable bonds is 5. The van der Waals surface area contributed by atoms with Crippen LogP contribution < -0.4 is 0 Å². The van der Waals surface area contributed by atoms with Gasteiger partial charge in [0.2, 0.25) is 0 Å². The van der Waals surface area contributed by atoms with Gasteiger partial charge in [0.25, 0.3) is 5.69 Å². The van der Waals surface area contributed by atoms with Crippen LogP contribution >= 0.6 is 11.3 Å². The molecule has 0 saturated heterocycles. The smallest absolute Gasteiger partial charge is 0.311 e. The number of thiazole rings is 1. The van der Waals surface area contributed by atoms with Crippen LogP contribution in [-0.2, 0) is 16.0 Å². The van der Waals surface area contributed by atoms with E-state index >= 15 is 0 Å². The van der Waals surface area contributed by atoms with Gasteiger partial charge in [-0.2, -0.15) is 0 Å². The quantitative estimate of drug-likeness (QED) is 0.481. The summed E-state index contributed by atoms with van der Waals surface area (Å²) in [4.78, 5) is 25.8. The first-order chi connectivity index (χ1) is 9.60. The summed E-state index contributed by atoms with van der Waals surface area (Å²) < 4.78 is 4.85. The van der Waals surface area contributed by atoms with Gasteiger partial charge in [-0.1, -0.05) is 0 Å². The van der Waals surface area contributed by atoms with Gasteiger partial charge in [-0.05, 0) is 19.1 Å². The largest absolute Gasteiger partial charge is 0.466 e. The number of aromatic nitrogens is 1. The van der Waals surface area contributed by atoms with Crippen molar-refractivity contribution in [2.45, 2.75) is 13.3 Å². The van der Waals surface area contributed by atoms with Crippen LogP contribution in [0.3, 0.4) is 0 Å². The second-order valence-corrected chi connectivity index (χ2v) is 4.79. The summed E-state index contributed by atoms with van der Waals surface area (Å²) in [6.07, 6.45) is 0.136. The summed E-state index contributed by atoms with van der Waals surface area (Å²) in [6, 6.07) is 6.15. The molecule has 1 aromatic carbocycles. The molecule has 7 heteroatoms. The van der Waals surface area contributed by atoms with Crippen LogP contribution in [0.2, 0.25) is 0 Å². The number of hydrogen-bond donors (Lipinski definition) is 0. The summed E-state index contributed by atoms with van der Waals surface area (Å²) in [6.45, 7) is 2.10. The molecule has 104 valence electrons. The molecule has 0 spiro atoms. The maximum atomic E-state index is 11.3. The van der Waals surface area contributed by atoms with Crippen molar-refractivity contribution >= 4 is 23.0 Å². The zero-order chi connectivity index (χ0) is 14.5. The number of carbonyl (C=O) groups excluding carboxylic acids is 1. The van der Waals surface area contributed by atoms with E-state index in [0.717, 1.165) is 10.6 Å². The zero-order valence-corrected chi connectivity index (χ0v) is 11.6. The molecule has 0 aliphatic carbocycles. The Morgan fingerprint density at radius 2 is 2.10 bits per heavy atom. The third-order valence-corrected chi connectivity index (χ3v) is 3.45. The fraction of sp³-hybridized carbons (Fsp3) is 0.231. The third-order valence-electron chi connectivity index (χ3n) is 2.51. The average Bonchev–Trinajstić information content (AvgIpc) is 2.87. The molecule has 2 aromatic rings. The van der Waals surface area contributed by atoms with Crippen molar-refractivity contribution in [3.8, 4) is 10.6 Å². The van der Waals surface area contributed by atoms with Gasteiger partial charge in [0.05, 0.1) is 23.6 Å². The van der Waals surface area contributed by atoms with E-state index in [1.54, 1.807) is 24.4 Å². The molecule has 20 heavy (non-hydrogen) atoms. The first-order valence-electron chi connectivity index (χ1n) is 5.95. The lowest BCUT2D eigenvalue weighted by Crippen LogP contribution is -2.07. The molecule has 2 rings (SSSR count). The van der Waals surface area contributed by atoms with Crippen molar-refractivity contribution in [3.63, 3.8) is 0 Å². The maximum Gasteiger partial charge on any atom is 0.311 e. The molecule has 0 aliphatic heterocycles. The van der Waals surface area contributed by atoms with Crippen LogP contribution in [-0.4, -0.2) is 22.5 Å². The summed E-state index contributed by atoms with van der Waals surface area (Å²) in [5, 5.41) is 13.1. The van der Waals surface area contributed by atoms with E-state index in [-0.39, 0.29) is 18.1 Å². The summed E-state index contributed by atoms with van der Waals surface area (Å²) in [5.74, 6) is -0.312. The number of hydrogen-bond acceptors (Lipinski definition) is 6. The van der Waals surface area contributed by atoms with Crippen LogP contribution in [0.15, 0.2) is 29.6 Å². The molecule has 0 aliphatic rings. The summed E-state index contributed by atoms with van der Waals surface area (Å²) >= 11 is 1.39. The first-order valence-corrected chi connectivity index (χ1v) is 6.83. The average molecular weight is 292 g/mol. The van der Waals surface area contributed by atoms with Crippen LogP contribution in [0.4, 0.5) is 5.69 Å². The number of non-ortho nitro benzene ring substituents is 1. The van der Waals surface area contributed by atoms with Gasteiger partial charge in [0, 0.05) is 23.1 Å². The molecule has 0 saturated carbocycles. The molecule has 0 fully saturated rings. The van der Waals surface area contributed by atoms with Crippen LogP contribution in [0.25, 0.3) is 10.6 Å². The van der Waals surface area contributed by atoms with Gasteiger partial charge in [0.15, 0.2) is 0 Å². The highest BCUT2D eigenvalue weighted by atomic mass is 32.1. The molecule has 0 atom stereocenters. The van der Waals surface area contributed by atoms with E-state index in [0.29, 0.717) is 12.3 Å². The van der Waals surface area contributed by atoms with Crippen molar-refractivity contribution in [3.05, 3.63) is 45.5 Å². The Labute approximate surface area is 119 Å². The Balaban J connectivity index is 2.12. The van der Waals surface area contributed by atoms with E-state index in [1.165, 1.54) is 23.5 Å². The minimum Gasteiger partial charge on any atom is -0.466 e. The Bertz CT molecular complexity index is 622. The van der Waals surface area contributed by atoms with E-state index < -0.39 is 4.92 Å². The van der Waals surface area contributed by atoms with Gasteiger partial charge in [0.1, 0.15) is 5.01 Å². The molecular weight excluding hydrogens is 280 g/mol. The molecule has 0 bridgehead atoms. The lowest BCUT2D eigenvalue weighted by atomic mass is 10.2. The lowest BCUT2D eigenvalue weighted by molar-refractivity contribution is -0.384. The standard InChI is InChI=1S/C13H12N2O4S/c1-2-19-12(16)7-10-8-20-13(14-10)9-3-5-11(6-4-9)15(17)18/h3-6,8H,2,7H2,1H3. The van der Waals surface area contributed by atoms with Crippen molar-refractivity contribution in [1.29, 1.82) is 0 Å². The highest BCUT2D eigenvalue weighted by molar-refractivity contribution is 7.13. The van der Waals surface area contributed by atoms with E-state index in [1.807, 2.05) is 0 Å². The Kier molecular flexibility index (Phi) is 4.41. The van der Waals surface area contributed by atoms with E-state index in [9.17, 15) is 14.9 Å². The molecule has 0 radical (unpaired) electrons. The predicted octanol–water partition coefficient (Wildman–Crippen LogP) is 2.82. The molecular formula is C13H12N2O4S. The van der Waals surface area contributed by atoms with Crippen molar-refractivity contribution < 1.29 is 14.5 Å². The number of nitro groups is 1. The molecule has 1 heterocycles. The predicted molar refractivity (Wildman–Crippen MR) is 74.5 cm³/mol. The molecule has 0 unspecified atom stereocenters. The van der Waals surface area contributed by atoms with Crippen LogP contribution in [0, 0.1) is 10.1 Å². The normalized spacial score (nSPS) is 10.2. The van der Waals surface area contributed by atoms with Crippen molar-refractivity contribution in [2.24, 2.45) is 0 Å². The number of nitro benzene ring substituents is 1. The second-order valence-electron chi connectivity index (χ2n) is 3.93. The van der Waals surface area contributed by atoms with Crippen LogP contribution in [0.1, 0.15) is 12.6 Å². The highest BCUT2D eigenvalue weighted by Crippen LogP contribution is 2.25. The topological polar surface area (TPSA) is 82.3 Å². The Hall–Kier alpha value is -2.28. The van der Waals surface area contributed by atoms with Crippen molar-refractivity contribution in [2.75, 3.05) is 6.61 Å². The fourth-order valence-corrected chi connectivity index (χ4v) is 2.43. The number of carbonyl (C=O) groups is 1. The van der Waals surface area contributed by atoms with E-state index in [4.69, 9.17) is 4.74 Å². The minimum absolute atomic E-state index is 0.0389. The molecule has 1 aromatic heterocycles. The van der Waals surface area contributed by atoms with Gasteiger partial charge in [-0.25, -0.2) is 4.98 Å².